The van der Waals surface area contributed by atoms with E-state index in [9.17, 15) is 13.2 Å². The Balaban J connectivity index is 2.51. The monoisotopic (exact) mass is 199 g/mol. The lowest BCUT2D eigenvalue weighted by Gasteiger charge is -2.20. The van der Waals surface area contributed by atoms with Gasteiger partial charge in [0.2, 0.25) is 0 Å². The summed E-state index contributed by atoms with van der Waals surface area (Å²) >= 11 is 0. The predicted octanol–water partition coefficient (Wildman–Crippen LogP) is 3.40. The molecule has 1 aromatic rings. The molecular formula is C11H10F3. The van der Waals surface area contributed by atoms with Gasteiger partial charge in [-0.1, -0.05) is 12.1 Å². The van der Waals surface area contributed by atoms with Crippen LogP contribution in [0.15, 0.2) is 18.2 Å². The van der Waals surface area contributed by atoms with Crippen molar-refractivity contribution in [2.24, 2.45) is 0 Å². The molecule has 0 amide bonds. The highest BCUT2D eigenvalue weighted by Gasteiger charge is 2.34. The van der Waals surface area contributed by atoms with E-state index in [0.717, 1.165) is 12.0 Å². The van der Waals surface area contributed by atoms with Crippen molar-refractivity contribution in [3.8, 4) is 0 Å². The van der Waals surface area contributed by atoms with Gasteiger partial charge in [-0.2, -0.15) is 13.2 Å². The molecule has 14 heavy (non-hydrogen) atoms. The summed E-state index contributed by atoms with van der Waals surface area (Å²) in [6.07, 6.45) is -0.241. The minimum absolute atomic E-state index is 0.455. The van der Waals surface area contributed by atoms with Crippen molar-refractivity contribution in [1.82, 2.24) is 0 Å². The van der Waals surface area contributed by atoms with Crippen molar-refractivity contribution < 1.29 is 13.2 Å². The highest BCUT2D eigenvalue weighted by Crippen LogP contribution is 2.35. The van der Waals surface area contributed by atoms with E-state index < -0.39 is 11.7 Å². The van der Waals surface area contributed by atoms with E-state index in [1.54, 1.807) is 6.07 Å². The van der Waals surface area contributed by atoms with Gasteiger partial charge in [-0.3, -0.25) is 0 Å². The molecule has 0 bridgehead atoms. The lowest BCUT2D eigenvalue weighted by atomic mass is 9.88. The van der Waals surface area contributed by atoms with E-state index in [4.69, 9.17) is 0 Å². The smallest absolute Gasteiger partial charge is 0.166 e. The van der Waals surface area contributed by atoms with Crippen LogP contribution < -0.4 is 0 Å². The van der Waals surface area contributed by atoms with Crippen LogP contribution in [0.3, 0.4) is 0 Å². The summed E-state index contributed by atoms with van der Waals surface area (Å²) in [5.74, 6) is 0. The number of hydrogen-bond donors (Lipinski definition) is 0. The van der Waals surface area contributed by atoms with Crippen molar-refractivity contribution in [3.05, 3.63) is 41.3 Å². The Morgan fingerprint density at radius 3 is 2.64 bits per heavy atom. The average molecular weight is 199 g/mol. The van der Waals surface area contributed by atoms with Crippen molar-refractivity contribution in [3.63, 3.8) is 0 Å². The second-order valence-corrected chi connectivity index (χ2v) is 3.47. The maximum absolute atomic E-state index is 12.6. The van der Waals surface area contributed by atoms with Gasteiger partial charge in [0, 0.05) is 0 Å². The first kappa shape index (κ1) is 9.56. The highest BCUT2D eigenvalue weighted by atomic mass is 19.4. The van der Waals surface area contributed by atoms with Gasteiger partial charge < -0.3 is 0 Å². The normalized spacial score (nSPS) is 16.5. The van der Waals surface area contributed by atoms with Crippen molar-refractivity contribution in [2.75, 3.05) is 0 Å². The van der Waals surface area contributed by atoms with Gasteiger partial charge in [0.05, 0.1) is 5.56 Å². The van der Waals surface area contributed by atoms with Crippen molar-refractivity contribution in [1.29, 1.82) is 0 Å². The SMILES string of the molecule is FC(F)(F)c1cccc2c1CC[CH]C2. The van der Waals surface area contributed by atoms with Crippen LogP contribution in [0.1, 0.15) is 23.1 Å². The first-order chi connectivity index (χ1) is 6.59. The molecule has 1 radical (unpaired) electrons. The molecule has 0 aliphatic heterocycles. The highest BCUT2D eigenvalue weighted by molar-refractivity contribution is 5.39. The van der Waals surface area contributed by atoms with Gasteiger partial charge in [0.1, 0.15) is 0 Å². The lowest BCUT2D eigenvalue weighted by molar-refractivity contribution is -0.138. The molecule has 0 saturated heterocycles. The first-order valence-corrected chi connectivity index (χ1v) is 4.58. The number of alkyl halides is 3. The maximum Gasteiger partial charge on any atom is 0.416 e. The fourth-order valence-corrected chi connectivity index (χ4v) is 1.89. The molecule has 1 aliphatic rings. The van der Waals surface area contributed by atoms with Crippen LogP contribution in [-0.2, 0) is 19.0 Å². The molecule has 0 spiro atoms. The van der Waals surface area contributed by atoms with E-state index in [2.05, 4.69) is 0 Å². The standard InChI is InChI=1S/C11H10F3/c12-11(13,14)10-7-3-5-8-4-1-2-6-9(8)10/h1,3,5,7H,2,4,6H2. The fraction of sp³-hybridized carbons (Fsp3) is 0.364. The maximum atomic E-state index is 12.6. The number of halogens is 3. The molecule has 0 saturated carbocycles. The summed E-state index contributed by atoms with van der Waals surface area (Å²) in [5, 5.41) is 0. The Morgan fingerprint density at radius 2 is 1.93 bits per heavy atom. The molecule has 1 aliphatic carbocycles. The fourth-order valence-electron chi connectivity index (χ4n) is 1.89. The van der Waals surface area contributed by atoms with Crippen LogP contribution in [0, 0.1) is 6.42 Å². The molecule has 0 aromatic heterocycles. The van der Waals surface area contributed by atoms with Gasteiger partial charge in [-0.05, 0) is 42.9 Å². The van der Waals surface area contributed by atoms with Gasteiger partial charge in [-0.25, -0.2) is 0 Å². The molecule has 3 heteroatoms. The van der Waals surface area contributed by atoms with Crippen LogP contribution in [0.5, 0.6) is 0 Å². The second kappa shape index (κ2) is 3.30. The number of rotatable bonds is 0. The molecule has 0 N–H and O–H groups in total. The van der Waals surface area contributed by atoms with E-state index >= 15 is 0 Å². The number of hydrogen-bond acceptors (Lipinski definition) is 0. The zero-order chi connectivity index (χ0) is 10.2. The van der Waals surface area contributed by atoms with Crippen molar-refractivity contribution in [2.45, 2.75) is 25.4 Å². The van der Waals surface area contributed by atoms with Crippen LogP contribution >= 0.6 is 0 Å². The molecule has 75 valence electrons. The van der Waals surface area contributed by atoms with Gasteiger partial charge in [0.25, 0.3) is 0 Å². The zero-order valence-electron chi connectivity index (χ0n) is 7.56. The Labute approximate surface area is 80.7 Å². The summed E-state index contributed by atoms with van der Waals surface area (Å²) in [7, 11) is 0. The van der Waals surface area contributed by atoms with Crippen LogP contribution in [0.25, 0.3) is 0 Å². The molecule has 0 fully saturated rings. The minimum Gasteiger partial charge on any atom is -0.166 e. The zero-order valence-corrected chi connectivity index (χ0v) is 7.56. The van der Waals surface area contributed by atoms with E-state index in [1.807, 2.05) is 6.42 Å². The summed E-state index contributed by atoms with van der Waals surface area (Å²) in [4.78, 5) is 0. The van der Waals surface area contributed by atoms with E-state index in [0.29, 0.717) is 18.4 Å². The Hall–Kier alpha value is -0.990. The Bertz CT molecular complexity index is 339. The van der Waals surface area contributed by atoms with E-state index in [-0.39, 0.29) is 0 Å². The predicted molar refractivity (Wildman–Crippen MR) is 47.8 cm³/mol. The van der Waals surface area contributed by atoms with Crippen LogP contribution in [0.4, 0.5) is 13.2 Å². The molecule has 0 atom stereocenters. The lowest BCUT2D eigenvalue weighted by Crippen LogP contribution is -2.14. The van der Waals surface area contributed by atoms with E-state index in [1.165, 1.54) is 12.1 Å². The Kier molecular flexibility index (Phi) is 2.25. The number of benzene rings is 1. The van der Waals surface area contributed by atoms with Crippen molar-refractivity contribution >= 4 is 0 Å². The second-order valence-electron chi connectivity index (χ2n) is 3.47. The molecular weight excluding hydrogens is 189 g/mol. The third-order valence-electron chi connectivity index (χ3n) is 2.54. The number of fused-ring (bicyclic) bond motifs is 1. The van der Waals surface area contributed by atoms with Gasteiger partial charge >= 0.3 is 6.18 Å². The third-order valence-corrected chi connectivity index (χ3v) is 2.54. The molecule has 0 heterocycles. The van der Waals surface area contributed by atoms with Gasteiger partial charge in [-0.15, -0.1) is 0 Å². The van der Waals surface area contributed by atoms with Crippen LogP contribution in [0.2, 0.25) is 0 Å². The quantitative estimate of drug-likeness (QED) is 0.600. The third kappa shape index (κ3) is 1.63. The summed E-state index contributed by atoms with van der Waals surface area (Å²) in [6, 6.07) is 4.44. The van der Waals surface area contributed by atoms with Gasteiger partial charge in [0.15, 0.2) is 0 Å². The summed E-state index contributed by atoms with van der Waals surface area (Å²) < 4.78 is 37.7. The molecule has 0 unspecified atom stereocenters. The molecule has 1 aromatic carbocycles. The topological polar surface area (TPSA) is 0 Å². The Morgan fingerprint density at radius 1 is 1.14 bits per heavy atom. The summed E-state index contributed by atoms with van der Waals surface area (Å²) in [6.45, 7) is 0. The first-order valence-electron chi connectivity index (χ1n) is 4.58. The molecule has 2 rings (SSSR count). The van der Waals surface area contributed by atoms with Crippen LogP contribution in [-0.4, -0.2) is 0 Å². The molecule has 0 nitrogen and oxygen atoms in total. The minimum atomic E-state index is -4.21. The summed E-state index contributed by atoms with van der Waals surface area (Å²) in [5.41, 5.74) is 0.858. The average Bonchev–Trinajstić information content (AvgIpc) is 2.15. The largest absolute Gasteiger partial charge is 0.416 e.